The minimum atomic E-state index is 0.731. The average molecular weight is 291 g/mol. The summed E-state index contributed by atoms with van der Waals surface area (Å²) < 4.78 is 0. The largest absolute Gasteiger partial charge is 0.354 e. The fourth-order valence-corrected chi connectivity index (χ4v) is 4.18. The lowest BCUT2D eigenvalue weighted by atomic mass is 9.88. The van der Waals surface area contributed by atoms with Crippen LogP contribution in [0.25, 0.3) is 21.8 Å². The van der Waals surface area contributed by atoms with Crippen LogP contribution in [0.3, 0.4) is 0 Å². The average Bonchev–Trinajstić information content (AvgIpc) is 2.99. The Morgan fingerprint density at radius 2 is 1.36 bits per heavy atom. The van der Waals surface area contributed by atoms with Crippen molar-refractivity contribution in [3.05, 3.63) is 48.0 Å². The van der Waals surface area contributed by atoms with Crippen molar-refractivity contribution in [3.8, 4) is 0 Å². The van der Waals surface area contributed by atoms with Crippen LogP contribution in [0.1, 0.15) is 62.8 Å². The number of aromatic amines is 1. The molecule has 1 fully saturated rings. The van der Waals surface area contributed by atoms with Gasteiger partial charge in [-0.2, -0.15) is 0 Å². The van der Waals surface area contributed by atoms with Crippen LogP contribution in [0.4, 0.5) is 0 Å². The molecule has 1 aliphatic carbocycles. The maximum atomic E-state index is 3.70. The molecule has 1 saturated carbocycles. The van der Waals surface area contributed by atoms with Gasteiger partial charge in [-0.05, 0) is 30.4 Å². The summed E-state index contributed by atoms with van der Waals surface area (Å²) in [4.78, 5) is 3.70. The zero-order valence-corrected chi connectivity index (χ0v) is 13.3. The summed E-state index contributed by atoms with van der Waals surface area (Å²) in [5.74, 6) is 0.731. The molecular formula is C21H25N. The Labute approximate surface area is 132 Å². The molecule has 0 radical (unpaired) electrons. The highest BCUT2D eigenvalue weighted by atomic mass is 14.7. The van der Waals surface area contributed by atoms with E-state index in [0.717, 1.165) is 5.92 Å². The first kappa shape index (κ1) is 13.9. The minimum Gasteiger partial charge on any atom is -0.354 e. The van der Waals surface area contributed by atoms with Crippen molar-refractivity contribution in [1.29, 1.82) is 0 Å². The molecule has 4 rings (SSSR count). The van der Waals surface area contributed by atoms with Crippen LogP contribution in [0, 0.1) is 0 Å². The first-order valence-electron chi connectivity index (χ1n) is 8.93. The Morgan fingerprint density at radius 3 is 2.18 bits per heavy atom. The zero-order chi connectivity index (χ0) is 14.8. The second-order valence-electron chi connectivity index (χ2n) is 6.84. The van der Waals surface area contributed by atoms with Gasteiger partial charge < -0.3 is 4.98 Å². The molecule has 0 atom stereocenters. The van der Waals surface area contributed by atoms with E-state index in [-0.39, 0.29) is 0 Å². The van der Waals surface area contributed by atoms with Gasteiger partial charge in [0.25, 0.3) is 0 Å². The summed E-state index contributed by atoms with van der Waals surface area (Å²) in [6.45, 7) is 0. The molecule has 1 heteroatoms. The molecule has 22 heavy (non-hydrogen) atoms. The van der Waals surface area contributed by atoms with Crippen molar-refractivity contribution in [3.63, 3.8) is 0 Å². The van der Waals surface area contributed by atoms with Gasteiger partial charge >= 0.3 is 0 Å². The lowest BCUT2D eigenvalue weighted by Crippen LogP contribution is -2.00. The Kier molecular flexibility index (Phi) is 3.88. The van der Waals surface area contributed by atoms with Crippen LogP contribution < -0.4 is 0 Å². The number of H-pyrrole nitrogens is 1. The van der Waals surface area contributed by atoms with E-state index in [1.54, 1.807) is 5.56 Å². The quantitative estimate of drug-likeness (QED) is 0.524. The summed E-state index contributed by atoms with van der Waals surface area (Å²) in [7, 11) is 0. The predicted octanol–water partition coefficient (Wildman–Crippen LogP) is 6.54. The standard InChI is InChI=1S/C21H25N/c1-2-4-6-11-16(10-5-3-1)17-13-9-14-19-18-12-7-8-15-20(18)22-21(17)19/h7-9,12-16,22H,1-6,10-11H2. The lowest BCUT2D eigenvalue weighted by molar-refractivity contribution is 0.542. The van der Waals surface area contributed by atoms with Crippen molar-refractivity contribution >= 4 is 21.8 Å². The third-order valence-electron chi connectivity index (χ3n) is 5.37. The molecule has 114 valence electrons. The van der Waals surface area contributed by atoms with Gasteiger partial charge in [0, 0.05) is 21.8 Å². The van der Waals surface area contributed by atoms with Gasteiger partial charge in [-0.3, -0.25) is 0 Å². The molecule has 3 aromatic rings. The predicted molar refractivity (Wildman–Crippen MR) is 95.5 cm³/mol. The van der Waals surface area contributed by atoms with Crippen molar-refractivity contribution in [1.82, 2.24) is 4.98 Å². The van der Waals surface area contributed by atoms with E-state index in [1.165, 1.54) is 73.2 Å². The van der Waals surface area contributed by atoms with Crippen LogP contribution >= 0.6 is 0 Å². The topological polar surface area (TPSA) is 15.8 Å². The highest BCUT2D eigenvalue weighted by molar-refractivity contribution is 6.08. The van der Waals surface area contributed by atoms with Crippen molar-refractivity contribution < 1.29 is 0 Å². The van der Waals surface area contributed by atoms with E-state index in [1.807, 2.05) is 0 Å². The number of fused-ring (bicyclic) bond motifs is 3. The van der Waals surface area contributed by atoms with Crippen LogP contribution in [-0.4, -0.2) is 4.98 Å². The van der Waals surface area contributed by atoms with Gasteiger partial charge in [0.05, 0.1) is 0 Å². The molecule has 1 heterocycles. The van der Waals surface area contributed by atoms with Gasteiger partial charge in [-0.1, -0.05) is 74.9 Å². The van der Waals surface area contributed by atoms with Gasteiger partial charge in [-0.15, -0.1) is 0 Å². The third-order valence-corrected chi connectivity index (χ3v) is 5.37. The van der Waals surface area contributed by atoms with Crippen LogP contribution in [0.5, 0.6) is 0 Å². The fourth-order valence-electron chi connectivity index (χ4n) is 4.18. The molecule has 0 aliphatic heterocycles. The second-order valence-corrected chi connectivity index (χ2v) is 6.84. The zero-order valence-electron chi connectivity index (χ0n) is 13.3. The van der Waals surface area contributed by atoms with Crippen LogP contribution in [0.15, 0.2) is 42.5 Å². The molecule has 0 unspecified atom stereocenters. The second kappa shape index (κ2) is 6.16. The number of benzene rings is 2. The molecule has 0 saturated heterocycles. The minimum absolute atomic E-state index is 0.731. The number of hydrogen-bond acceptors (Lipinski definition) is 0. The number of nitrogens with one attached hydrogen (secondary N) is 1. The maximum Gasteiger partial charge on any atom is 0.0500 e. The Balaban J connectivity index is 1.79. The van der Waals surface area contributed by atoms with Gasteiger partial charge in [-0.25, -0.2) is 0 Å². The summed E-state index contributed by atoms with van der Waals surface area (Å²) in [6, 6.07) is 15.6. The number of aromatic nitrogens is 1. The van der Waals surface area contributed by atoms with E-state index >= 15 is 0 Å². The molecule has 0 bridgehead atoms. The van der Waals surface area contributed by atoms with E-state index in [9.17, 15) is 0 Å². The maximum absolute atomic E-state index is 3.70. The number of hydrogen-bond donors (Lipinski definition) is 1. The number of rotatable bonds is 1. The molecule has 1 N–H and O–H groups in total. The van der Waals surface area contributed by atoms with Crippen molar-refractivity contribution in [2.75, 3.05) is 0 Å². The lowest BCUT2D eigenvalue weighted by Gasteiger charge is -2.17. The smallest absolute Gasteiger partial charge is 0.0500 e. The Bertz CT molecular complexity index is 758. The highest BCUT2D eigenvalue weighted by Crippen LogP contribution is 2.36. The fraction of sp³-hybridized carbons (Fsp3) is 0.429. The van der Waals surface area contributed by atoms with Crippen LogP contribution in [0.2, 0.25) is 0 Å². The summed E-state index contributed by atoms with van der Waals surface area (Å²) in [5.41, 5.74) is 4.21. The number of para-hydroxylation sites is 2. The van der Waals surface area contributed by atoms with Crippen molar-refractivity contribution in [2.45, 2.75) is 57.3 Å². The summed E-state index contributed by atoms with van der Waals surface area (Å²) in [6.07, 6.45) is 11.2. The third kappa shape index (κ3) is 2.54. The van der Waals surface area contributed by atoms with Crippen LogP contribution in [-0.2, 0) is 0 Å². The molecule has 2 aromatic carbocycles. The summed E-state index contributed by atoms with van der Waals surface area (Å²) >= 11 is 0. The first-order valence-corrected chi connectivity index (χ1v) is 8.93. The highest BCUT2D eigenvalue weighted by Gasteiger charge is 2.17. The van der Waals surface area contributed by atoms with Gasteiger partial charge in [0.1, 0.15) is 0 Å². The molecular weight excluding hydrogens is 266 g/mol. The molecule has 1 nitrogen and oxygen atoms in total. The van der Waals surface area contributed by atoms with E-state index < -0.39 is 0 Å². The normalized spacial score (nSPS) is 18.2. The molecule has 0 spiro atoms. The van der Waals surface area contributed by atoms with Gasteiger partial charge in [0.15, 0.2) is 0 Å². The monoisotopic (exact) mass is 291 g/mol. The Hall–Kier alpha value is -1.76. The van der Waals surface area contributed by atoms with Crippen molar-refractivity contribution in [2.24, 2.45) is 0 Å². The molecule has 0 amide bonds. The first-order chi connectivity index (χ1) is 10.9. The Morgan fingerprint density at radius 1 is 0.682 bits per heavy atom. The SMILES string of the molecule is c1ccc2c(c1)[nH]c1c(C3CCCCCCCC3)cccc12. The van der Waals surface area contributed by atoms with Gasteiger partial charge in [0.2, 0.25) is 0 Å². The molecule has 1 aromatic heterocycles. The van der Waals surface area contributed by atoms with E-state index in [2.05, 4.69) is 47.4 Å². The summed E-state index contributed by atoms with van der Waals surface area (Å²) in [5, 5.41) is 2.76. The van der Waals surface area contributed by atoms with E-state index in [4.69, 9.17) is 0 Å². The van der Waals surface area contributed by atoms with E-state index in [0.29, 0.717) is 0 Å². The molecule has 1 aliphatic rings.